The molecule has 3 heterocycles. The third kappa shape index (κ3) is 4.65. The van der Waals surface area contributed by atoms with Crippen molar-refractivity contribution in [1.82, 2.24) is 19.5 Å². The van der Waals surface area contributed by atoms with Crippen molar-refractivity contribution in [2.75, 3.05) is 30.3 Å². The zero-order chi connectivity index (χ0) is 23.7. The van der Waals surface area contributed by atoms with Crippen LogP contribution in [-0.4, -0.2) is 61.9 Å². The second-order valence-corrected chi connectivity index (χ2v) is 9.45. The first-order valence-electron chi connectivity index (χ1n) is 12.1. The van der Waals surface area contributed by atoms with Crippen LogP contribution >= 0.6 is 0 Å². The van der Waals surface area contributed by atoms with E-state index in [4.69, 9.17) is 9.72 Å². The van der Waals surface area contributed by atoms with Gasteiger partial charge in [-0.25, -0.2) is 4.52 Å². The van der Waals surface area contributed by atoms with E-state index in [9.17, 15) is 9.90 Å². The molecule has 9 nitrogen and oxygen atoms in total. The number of hydrogen-bond acceptors (Lipinski definition) is 7. The summed E-state index contributed by atoms with van der Waals surface area (Å²) in [4.78, 5) is 19.2. The summed E-state index contributed by atoms with van der Waals surface area (Å²) in [5, 5.41) is 21.7. The fourth-order valence-electron chi connectivity index (χ4n) is 4.53. The van der Waals surface area contributed by atoms with Crippen LogP contribution in [0.1, 0.15) is 56.3 Å². The molecule has 5 rings (SSSR count). The lowest BCUT2D eigenvalue weighted by atomic mass is 9.84. The number of aliphatic hydroxyl groups is 1. The first-order chi connectivity index (χ1) is 16.4. The van der Waals surface area contributed by atoms with Gasteiger partial charge in [-0.2, -0.15) is 4.98 Å². The van der Waals surface area contributed by atoms with Crippen molar-refractivity contribution in [3.8, 4) is 5.75 Å². The largest absolute Gasteiger partial charge is 0.492 e. The molecule has 3 N–H and O–H groups in total. The Bertz CT molecular complexity index is 1180. The molecule has 0 bridgehead atoms. The lowest BCUT2D eigenvalue weighted by Crippen LogP contribution is -2.42. The number of anilines is 3. The fourth-order valence-corrected chi connectivity index (χ4v) is 4.53. The number of aromatic nitrogens is 3. The molecule has 9 heteroatoms. The molecule has 3 aromatic rings. The van der Waals surface area contributed by atoms with Gasteiger partial charge < -0.3 is 25.4 Å². The quantitative estimate of drug-likeness (QED) is 0.488. The van der Waals surface area contributed by atoms with E-state index >= 15 is 0 Å². The van der Waals surface area contributed by atoms with E-state index in [1.54, 1.807) is 10.6 Å². The van der Waals surface area contributed by atoms with Crippen molar-refractivity contribution in [2.45, 2.75) is 57.6 Å². The number of likely N-dealkylation sites (tertiary alicyclic amines) is 1. The van der Waals surface area contributed by atoms with Crippen molar-refractivity contribution in [3.63, 3.8) is 0 Å². The number of hydrogen-bond donors (Lipinski definition) is 3. The Morgan fingerprint density at radius 3 is 2.76 bits per heavy atom. The van der Waals surface area contributed by atoms with Crippen LogP contribution in [0.15, 0.2) is 36.5 Å². The highest BCUT2D eigenvalue weighted by molar-refractivity contribution is 5.95. The molecule has 2 aliphatic rings. The third-order valence-electron chi connectivity index (χ3n) is 6.71. The van der Waals surface area contributed by atoms with E-state index in [1.165, 1.54) is 0 Å². The minimum Gasteiger partial charge on any atom is -0.492 e. The molecule has 0 spiro atoms. The number of carbonyl (C=O) groups is 1. The van der Waals surface area contributed by atoms with Gasteiger partial charge >= 0.3 is 0 Å². The number of amides is 1. The van der Waals surface area contributed by atoms with Gasteiger partial charge in [-0.1, -0.05) is 0 Å². The summed E-state index contributed by atoms with van der Waals surface area (Å²) in [7, 11) is 0. The van der Waals surface area contributed by atoms with Gasteiger partial charge in [0.15, 0.2) is 5.82 Å². The number of nitrogens with zero attached hydrogens (tertiary/aromatic N) is 4. The van der Waals surface area contributed by atoms with Crippen LogP contribution in [0.5, 0.6) is 5.75 Å². The maximum Gasteiger partial charge on any atom is 0.253 e. The van der Waals surface area contributed by atoms with Crippen LogP contribution in [0, 0.1) is 0 Å². The molecular formula is C25H32N6O3. The van der Waals surface area contributed by atoms with Crippen LogP contribution < -0.4 is 15.4 Å². The Hall–Kier alpha value is -3.33. The van der Waals surface area contributed by atoms with Crippen LogP contribution in [0.25, 0.3) is 5.52 Å². The molecule has 1 amide bonds. The Balaban J connectivity index is 1.39. The molecule has 180 valence electrons. The van der Waals surface area contributed by atoms with Crippen molar-refractivity contribution >= 4 is 28.9 Å². The summed E-state index contributed by atoms with van der Waals surface area (Å²) in [6.45, 7) is 5.91. The van der Waals surface area contributed by atoms with Gasteiger partial charge in [-0.15, -0.1) is 5.10 Å². The summed E-state index contributed by atoms with van der Waals surface area (Å²) < 4.78 is 7.63. The molecule has 2 aromatic heterocycles. The molecule has 34 heavy (non-hydrogen) atoms. The topological polar surface area (TPSA) is 104 Å². The standard InChI is InChI=1S/C25H32N6O3/c1-3-34-21-16-17(23(32)30-13-5-14-30)7-8-19(21)27-24-28-22(20-6-4-15-31(20)29-24)26-18-9-11-25(2,33)12-10-18/h4,6-8,15-16,18,33H,3,5,9-14H2,1-2H3,(H2,26,27,28,29). The Labute approximate surface area is 199 Å². The van der Waals surface area contributed by atoms with E-state index in [0.29, 0.717) is 29.6 Å². The van der Waals surface area contributed by atoms with Crippen LogP contribution in [-0.2, 0) is 0 Å². The zero-order valence-corrected chi connectivity index (χ0v) is 19.8. The highest BCUT2D eigenvalue weighted by atomic mass is 16.5. The van der Waals surface area contributed by atoms with E-state index in [1.807, 2.05) is 49.2 Å². The van der Waals surface area contributed by atoms with Crippen LogP contribution in [0.4, 0.5) is 17.5 Å². The number of carbonyl (C=O) groups excluding carboxylic acids is 1. The minimum absolute atomic E-state index is 0.0294. The monoisotopic (exact) mass is 464 g/mol. The molecule has 1 saturated carbocycles. The zero-order valence-electron chi connectivity index (χ0n) is 19.8. The van der Waals surface area contributed by atoms with Crippen molar-refractivity contribution < 1.29 is 14.6 Å². The van der Waals surface area contributed by atoms with Crippen molar-refractivity contribution in [2.24, 2.45) is 0 Å². The van der Waals surface area contributed by atoms with Crippen molar-refractivity contribution in [3.05, 3.63) is 42.1 Å². The van der Waals surface area contributed by atoms with Gasteiger partial charge in [0.25, 0.3) is 5.91 Å². The SMILES string of the molecule is CCOc1cc(C(=O)N2CCC2)ccc1Nc1nc(NC2CCC(C)(O)CC2)c2cccn2n1. The molecule has 1 saturated heterocycles. The Morgan fingerprint density at radius 2 is 2.06 bits per heavy atom. The molecule has 0 unspecified atom stereocenters. The van der Waals surface area contributed by atoms with Crippen LogP contribution in [0.2, 0.25) is 0 Å². The van der Waals surface area contributed by atoms with Gasteiger partial charge in [0, 0.05) is 30.9 Å². The summed E-state index contributed by atoms with van der Waals surface area (Å²) in [5.41, 5.74) is 1.63. The first kappa shape index (κ1) is 22.5. The number of nitrogens with one attached hydrogen (secondary N) is 2. The predicted octanol–water partition coefficient (Wildman–Crippen LogP) is 3.82. The van der Waals surface area contributed by atoms with E-state index in [2.05, 4.69) is 15.7 Å². The fraction of sp³-hybridized carbons (Fsp3) is 0.480. The second-order valence-electron chi connectivity index (χ2n) is 9.45. The smallest absolute Gasteiger partial charge is 0.253 e. The summed E-state index contributed by atoms with van der Waals surface area (Å²) in [6.07, 6.45) is 6.23. The molecule has 2 fully saturated rings. The lowest BCUT2D eigenvalue weighted by molar-refractivity contribution is 0.0196. The molecule has 0 radical (unpaired) electrons. The maximum absolute atomic E-state index is 12.6. The van der Waals surface area contributed by atoms with Gasteiger partial charge in [0.05, 0.1) is 17.9 Å². The van der Waals surface area contributed by atoms with E-state index in [-0.39, 0.29) is 11.9 Å². The predicted molar refractivity (Wildman–Crippen MR) is 131 cm³/mol. The molecule has 0 atom stereocenters. The number of benzene rings is 1. The highest BCUT2D eigenvalue weighted by Gasteiger charge is 2.29. The molecular weight excluding hydrogens is 432 g/mol. The number of ether oxygens (including phenoxy) is 1. The molecule has 1 aliphatic carbocycles. The summed E-state index contributed by atoms with van der Waals surface area (Å²) in [6, 6.07) is 9.60. The maximum atomic E-state index is 12.6. The van der Waals surface area contributed by atoms with Gasteiger partial charge in [0.1, 0.15) is 11.3 Å². The van der Waals surface area contributed by atoms with Crippen molar-refractivity contribution in [1.29, 1.82) is 0 Å². The van der Waals surface area contributed by atoms with E-state index < -0.39 is 5.60 Å². The average Bonchev–Trinajstić information content (AvgIpc) is 3.24. The van der Waals surface area contributed by atoms with Gasteiger partial charge in [0.2, 0.25) is 5.95 Å². The van der Waals surface area contributed by atoms with Crippen LogP contribution in [0.3, 0.4) is 0 Å². The summed E-state index contributed by atoms with van der Waals surface area (Å²) >= 11 is 0. The second kappa shape index (κ2) is 9.13. The Morgan fingerprint density at radius 1 is 1.26 bits per heavy atom. The lowest BCUT2D eigenvalue weighted by Gasteiger charge is -2.33. The average molecular weight is 465 g/mol. The van der Waals surface area contributed by atoms with Gasteiger partial charge in [-0.05, 0) is 76.3 Å². The molecule has 1 aromatic carbocycles. The molecule has 1 aliphatic heterocycles. The highest BCUT2D eigenvalue weighted by Crippen LogP contribution is 2.32. The normalized spacial score (nSPS) is 22.3. The number of fused-ring (bicyclic) bond motifs is 1. The number of rotatable bonds is 7. The van der Waals surface area contributed by atoms with E-state index in [0.717, 1.165) is 56.5 Å². The summed E-state index contributed by atoms with van der Waals surface area (Å²) in [5.74, 6) is 1.80. The third-order valence-corrected chi connectivity index (χ3v) is 6.71. The minimum atomic E-state index is -0.584. The van der Waals surface area contributed by atoms with Gasteiger partial charge in [-0.3, -0.25) is 4.79 Å². The first-order valence-corrected chi connectivity index (χ1v) is 12.1. The Kier molecular flexibility index (Phi) is 6.03.